The van der Waals surface area contributed by atoms with Crippen molar-refractivity contribution >= 4 is 46.5 Å². The molecule has 1 unspecified atom stereocenters. The minimum absolute atomic E-state index is 0.270. The molecule has 2 aromatic carbocycles. The van der Waals surface area contributed by atoms with E-state index in [0.717, 1.165) is 0 Å². The molecule has 0 aliphatic heterocycles. The van der Waals surface area contributed by atoms with Gasteiger partial charge in [-0.05, 0) is 42.0 Å². The van der Waals surface area contributed by atoms with E-state index in [0.29, 0.717) is 21.4 Å². The topological polar surface area (TPSA) is 104 Å². The lowest BCUT2D eigenvalue weighted by Gasteiger charge is -2.13. The lowest BCUT2D eigenvalue weighted by Crippen LogP contribution is -2.21. The first-order valence-corrected chi connectivity index (χ1v) is 7.22. The molecule has 0 aliphatic carbocycles. The summed E-state index contributed by atoms with van der Waals surface area (Å²) in [5, 5.41) is 15.6. The number of anilines is 2. The normalized spacial score (nSPS) is 11.6. The fourth-order valence-corrected chi connectivity index (χ4v) is 2.45. The van der Waals surface area contributed by atoms with Crippen LogP contribution in [0.3, 0.4) is 0 Å². The third-order valence-electron chi connectivity index (χ3n) is 2.85. The zero-order valence-corrected chi connectivity index (χ0v) is 13.2. The molecule has 0 heterocycles. The molecule has 23 heavy (non-hydrogen) atoms. The minimum atomic E-state index is -1.45. The second-order valence-corrected chi connectivity index (χ2v) is 5.54. The molecule has 3 amide bonds. The van der Waals surface area contributed by atoms with Crippen molar-refractivity contribution in [3.05, 3.63) is 58.1 Å². The fraction of sp³-hybridized carbons (Fsp3) is 0.0667. The van der Waals surface area contributed by atoms with Gasteiger partial charge in [-0.3, -0.25) is 4.79 Å². The van der Waals surface area contributed by atoms with Gasteiger partial charge in [0.2, 0.25) is 0 Å². The highest BCUT2D eigenvalue weighted by Crippen LogP contribution is 2.25. The summed E-state index contributed by atoms with van der Waals surface area (Å²) in [7, 11) is 0. The van der Waals surface area contributed by atoms with Crippen molar-refractivity contribution in [2.45, 2.75) is 6.10 Å². The molecule has 0 fully saturated rings. The lowest BCUT2D eigenvalue weighted by atomic mass is 10.1. The van der Waals surface area contributed by atoms with Crippen LogP contribution in [0.25, 0.3) is 0 Å². The average molecular weight is 354 g/mol. The first-order chi connectivity index (χ1) is 10.8. The van der Waals surface area contributed by atoms with E-state index in [1.165, 1.54) is 24.3 Å². The molecule has 0 bridgehead atoms. The first-order valence-electron chi connectivity index (χ1n) is 6.46. The van der Waals surface area contributed by atoms with Crippen molar-refractivity contribution in [2.75, 3.05) is 10.6 Å². The number of rotatable bonds is 4. The largest absolute Gasteiger partial charge is 0.378 e. The van der Waals surface area contributed by atoms with Gasteiger partial charge in [-0.2, -0.15) is 0 Å². The smallest absolute Gasteiger partial charge is 0.316 e. The van der Waals surface area contributed by atoms with Gasteiger partial charge in [0.25, 0.3) is 5.91 Å². The lowest BCUT2D eigenvalue weighted by molar-refractivity contribution is -0.124. The monoisotopic (exact) mass is 353 g/mol. The minimum Gasteiger partial charge on any atom is -0.378 e. The molecule has 0 aromatic heterocycles. The molecule has 0 spiro atoms. The van der Waals surface area contributed by atoms with Gasteiger partial charge in [0.05, 0.1) is 0 Å². The molecule has 8 heteroatoms. The molecular formula is C15H13Cl2N3O3. The molecular weight excluding hydrogens is 341 g/mol. The Morgan fingerprint density at radius 2 is 1.57 bits per heavy atom. The van der Waals surface area contributed by atoms with Crippen molar-refractivity contribution in [2.24, 2.45) is 5.73 Å². The highest BCUT2D eigenvalue weighted by Gasteiger charge is 2.18. The van der Waals surface area contributed by atoms with Crippen molar-refractivity contribution in [1.82, 2.24) is 0 Å². The van der Waals surface area contributed by atoms with Crippen molar-refractivity contribution in [3.8, 4) is 0 Å². The predicted octanol–water partition coefficient (Wildman–Crippen LogP) is 3.16. The van der Waals surface area contributed by atoms with E-state index < -0.39 is 18.0 Å². The number of benzene rings is 2. The Hall–Kier alpha value is -2.28. The van der Waals surface area contributed by atoms with Gasteiger partial charge >= 0.3 is 6.03 Å². The molecule has 0 saturated heterocycles. The second-order valence-electron chi connectivity index (χ2n) is 4.66. The van der Waals surface area contributed by atoms with Crippen molar-refractivity contribution in [3.63, 3.8) is 0 Å². The maximum Gasteiger partial charge on any atom is 0.316 e. The van der Waals surface area contributed by atoms with Gasteiger partial charge in [-0.1, -0.05) is 29.3 Å². The number of amides is 3. The summed E-state index contributed by atoms with van der Waals surface area (Å²) in [6, 6.07) is 9.99. The first kappa shape index (κ1) is 17.1. The maximum absolute atomic E-state index is 12.1. The van der Waals surface area contributed by atoms with Crippen LogP contribution in [0.1, 0.15) is 11.7 Å². The molecule has 5 N–H and O–H groups in total. The van der Waals surface area contributed by atoms with Crippen LogP contribution in [0, 0.1) is 0 Å². The van der Waals surface area contributed by atoms with E-state index in [1.807, 2.05) is 0 Å². The van der Waals surface area contributed by atoms with Crippen LogP contribution < -0.4 is 16.4 Å². The number of carbonyl (C=O) groups is 2. The number of nitrogens with one attached hydrogen (secondary N) is 2. The average Bonchev–Trinajstić information content (AvgIpc) is 2.45. The number of primary amides is 1. The second kappa shape index (κ2) is 7.32. The predicted molar refractivity (Wildman–Crippen MR) is 89.7 cm³/mol. The number of nitrogens with two attached hydrogens (primary N) is 1. The van der Waals surface area contributed by atoms with Crippen LogP contribution in [0.5, 0.6) is 0 Å². The fourth-order valence-electron chi connectivity index (χ4n) is 1.91. The van der Waals surface area contributed by atoms with Crippen LogP contribution in [0.2, 0.25) is 10.0 Å². The van der Waals surface area contributed by atoms with Crippen LogP contribution >= 0.6 is 23.2 Å². The quantitative estimate of drug-likeness (QED) is 0.678. The summed E-state index contributed by atoms with van der Waals surface area (Å²) in [5.41, 5.74) is 6.09. The van der Waals surface area contributed by atoms with Crippen LogP contribution in [0.15, 0.2) is 42.5 Å². The molecule has 120 valence electrons. The van der Waals surface area contributed by atoms with E-state index >= 15 is 0 Å². The number of halogens is 2. The van der Waals surface area contributed by atoms with Gasteiger partial charge in [0, 0.05) is 21.4 Å². The number of carbonyl (C=O) groups excluding carboxylic acids is 2. The van der Waals surface area contributed by atoms with Gasteiger partial charge in [-0.25, -0.2) is 4.79 Å². The van der Waals surface area contributed by atoms with Crippen LogP contribution in [0.4, 0.5) is 16.2 Å². The van der Waals surface area contributed by atoms with Gasteiger partial charge < -0.3 is 21.5 Å². The SMILES string of the molecule is NC(=O)Nc1cccc(NC(=O)C(O)c2cc(Cl)cc(Cl)c2)c1. The molecule has 2 rings (SSSR count). The number of hydrogen-bond acceptors (Lipinski definition) is 3. The molecule has 0 saturated carbocycles. The highest BCUT2D eigenvalue weighted by atomic mass is 35.5. The summed E-state index contributed by atoms with van der Waals surface area (Å²) in [4.78, 5) is 22.9. The number of urea groups is 1. The third-order valence-corrected chi connectivity index (χ3v) is 3.28. The zero-order valence-electron chi connectivity index (χ0n) is 11.7. The molecule has 0 radical (unpaired) electrons. The summed E-state index contributed by atoms with van der Waals surface area (Å²) in [5.74, 6) is -0.667. The Bertz CT molecular complexity index is 732. The van der Waals surface area contributed by atoms with Gasteiger partial charge in [0.1, 0.15) is 0 Å². The number of aliphatic hydroxyl groups excluding tert-OH is 1. The molecule has 0 aliphatic rings. The van der Waals surface area contributed by atoms with Gasteiger partial charge in [-0.15, -0.1) is 0 Å². The number of aliphatic hydroxyl groups is 1. The van der Waals surface area contributed by atoms with E-state index in [2.05, 4.69) is 10.6 Å². The van der Waals surface area contributed by atoms with E-state index in [9.17, 15) is 14.7 Å². The Morgan fingerprint density at radius 1 is 1.00 bits per heavy atom. The van der Waals surface area contributed by atoms with Crippen molar-refractivity contribution in [1.29, 1.82) is 0 Å². The Kier molecular flexibility index (Phi) is 5.44. The van der Waals surface area contributed by atoms with Crippen molar-refractivity contribution < 1.29 is 14.7 Å². The summed E-state index contributed by atoms with van der Waals surface area (Å²) < 4.78 is 0. The Labute approximate surface area is 142 Å². The van der Waals surface area contributed by atoms with E-state index in [4.69, 9.17) is 28.9 Å². The Morgan fingerprint density at radius 3 is 2.13 bits per heavy atom. The highest BCUT2D eigenvalue weighted by molar-refractivity contribution is 6.34. The Balaban J connectivity index is 2.13. The van der Waals surface area contributed by atoms with E-state index in [-0.39, 0.29) is 5.56 Å². The molecule has 6 nitrogen and oxygen atoms in total. The maximum atomic E-state index is 12.1. The molecule has 1 atom stereocenters. The summed E-state index contributed by atoms with van der Waals surface area (Å²) >= 11 is 11.7. The van der Waals surface area contributed by atoms with Crippen LogP contribution in [-0.2, 0) is 4.79 Å². The zero-order chi connectivity index (χ0) is 17.0. The van der Waals surface area contributed by atoms with E-state index in [1.54, 1.807) is 18.2 Å². The third kappa shape index (κ3) is 4.85. The van der Waals surface area contributed by atoms with Gasteiger partial charge in [0.15, 0.2) is 6.10 Å². The van der Waals surface area contributed by atoms with Crippen LogP contribution in [-0.4, -0.2) is 17.0 Å². The summed E-state index contributed by atoms with van der Waals surface area (Å²) in [6.45, 7) is 0. The standard InChI is InChI=1S/C15H13Cl2N3O3/c16-9-4-8(5-10(17)6-9)13(21)14(22)19-11-2-1-3-12(7-11)20-15(18)23/h1-7,13,21H,(H,19,22)(H3,18,20,23). The summed E-state index contributed by atoms with van der Waals surface area (Å²) in [6.07, 6.45) is -1.45. The molecule has 2 aromatic rings. The number of hydrogen-bond donors (Lipinski definition) is 4.